The number of rotatable bonds is 5. The Balaban J connectivity index is 1.45. The molecule has 112 valence electrons. The van der Waals surface area contributed by atoms with Gasteiger partial charge in [-0.1, -0.05) is 36.4 Å². The van der Waals surface area contributed by atoms with E-state index in [-0.39, 0.29) is 11.8 Å². The van der Waals surface area contributed by atoms with E-state index in [0.717, 1.165) is 38.9 Å². The van der Waals surface area contributed by atoms with Gasteiger partial charge < -0.3 is 5.32 Å². The van der Waals surface area contributed by atoms with Crippen LogP contribution in [-0.2, 0) is 4.79 Å². The second kappa shape index (κ2) is 6.44. The number of piperidine rings is 1. The van der Waals surface area contributed by atoms with Crippen molar-refractivity contribution in [2.45, 2.75) is 31.2 Å². The molecule has 2 atom stereocenters. The van der Waals surface area contributed by atoms with Crippen LogP contribution in [0.1, 0.15) is 30.7 Å². The molecule has 3 heteroatoms. The van der Waals surface area contributed by atoms with Gasteiger partial charge in [0.25, 0.3) is 0 Å². The van der Waals surface area contributed by atoms with Crippen molar-refractivity contribution in [1.82, 2.24) is 10.2 Å². The summed E-state index contributed by atoms with van der Waals surface area (Å²) in [5.74, 6) is 0.886. The van der Waals surface area contributed by atoms with Crippen LogP contribution in [0.2, 0.25) is 0 Å². The van der Waals surface area contributed by atoms with Crippen molar-refractivity contribution in [3.05, 3.63) is 48.6 Å². The maximum atomic E-state index is 12.3. The van der Waals surface area contributed by atoms with E-state index in [1.165, 1.54) is 5.56 Å². The summed E-state index contributed by atoms with van der Waals surface area (Å²) < 4.78 is 0. The molecule has 2 unspecified atom stereocenters. The molecule has 3 rings (SSSR count). The van der Waals surface area contributed by atoms with E-state index in [0.29, 0.717) is 12.0 Å². The zero-order valence-corrected chi connectivity index (χ0v) is 12.5. The van der Waals surface area contributed by atoms with Crippen LogP contribution in [0.15, 0.2) is 43.0 Å². The fourth-order valence-corrected chi connectivity index (χ4v) is 3.30. The third-order valence-corrected chi connectivity index (χ3v) is 4.68. The first-order chi connectivity index (χ1) is 10.3. The van der Waals surface area contributed by atoms with E-state index < -0.39 is 0 Å². The van der Waals surface area contributed by atoms with Gasteiger partial charge >= 0.3 is 0 Å². The van der Waals surface area contributed by atoms with Crippen LogP contribution in [-0.4, -0.2) is 36.5 Å². The van der Waals surface area contributed by atoms with E-state index >= 15 is 0 Å². The Labute approximate surface area is 127 Å². The van der Waals surface area contributed by atoms with E-state index in [2.05, 4.69) is 41.1 Å². The first kappa shape index (κ1) is 14.3. The summed E-state index contributed by atoms with van der Waals surface area (Å²) in [7, 11) is 0. The minimum Gasteiger partial charge on any atom is -0.353 e. The van der Waals surface area contributed by atoms with Crippen molar-refractivity contribution >= 4 is 5.91 Å². The van der Waals surface area contributed by atoms with Gasteiger partial charge in [-0.05, 0) is 30.7 Å². The van der Waals surface area contributed by atoms with E-state index in [4.69, 9.17) is 0 Å². The summed E-state index contributed by atoms with van der Waals surface area (Å²) in [6.07, 6.45) is 5.07. The number of likely N-dealkylation sites (tertiary alicyclic amines) is 1. The summed E-state index contributed by atoms with van der Waals surface area (Å²) in [6, 6.07) is 10.8. The number of carbonyl (C=O) groups excluding carboxylic acids is 1. The maximum Gasteiger partial charge on any atom is 0.223 e. The second-order valence-corrected chi connectivity index (χ2v) is 6.23. The fourth-order valence-electron chi connectivity index (χ4n) is 3.30. The SMILES string of the molecule is C=CCN1CCC(NC(=O)C2CC2c2ccccc2)CC1. The zero-order chi connectivity index (χ0) is 14.7. The molecule has 0 spiro atoms. The molecule has 1 aliphatic heterocycles. The zero-order valence-electron chi connectivity index (χ0n) is 12.5. The Kier molecular flexibility index (Phi) is 4.39. The molecule has 1 saturated heterocycles. The number of hydrogen-bond acceptors (Lipinski definition) is 2. The molecule has 1 amide bonds. The van der Waals surface area contributed by atoms with Crippen LogP contribution in [0.4, 0.5) is 0 Å². The van der Waals surface area contributed by atoms with Crippen LogP contribution in [0.3, 0.4) is 0 Å². The summed E-state index contributed by atoms with van der Waals surface area (Å²) >= 11 is 0. The molecule has 1 N–H and O–H groups in total. The van der Waals surface area contributed by atoms with E-state index in [1.54, 1.807) is 0 Å². The summed E-state index contributed by atoms with van der Waals surface area (Å²) in [5.41, 5.74) is 1.30. The molecule has 2 fully saturated rings. The third-order valence-electron chi connectivity index (χ3n) is 4.68. The Morgan fingerprint density at radius 1 is 1.29 bits per heavy atom. The second-order valence-electron chi connectivity index (χ2n) is 6.23. The quantitative estimate of drug-likeness (QED) is 0.843. The van der Waals surface area contributed by atoms with Crippen molar-refractivity contribution in [3.8, 4) is 0 Å². The first-order valence-corrected chi connectivity index (χ1v) is 7.96. The number of benzene rings is 1. The van der Waals surface area contributed by atoms with Crippen LogP contribution in [0, 0.1) is 5.92 Å². The summed E-state index contributed by atoms with van der Waals surface area (Å²) in [5, 5.41) is 3.25. The molecule has 0 bridgehead atoms. The molecule has 0 radical (unpaired) electrons. The van der Waals surface area contributed by atoms with Gasteiger partial charge in [-0.25, -0.2) is 0 Å². The Morgan fingerprint density at radius 2 is 2.00 bits per heavy atom. The van der Waals surface area contributed by atoms with Crippen molar-refractivity contribution in [1.29, 1.82) is 0 Å². The molecule has 1 aliphatic carbocycles. The number of amides is 1. The van der Waals surface area contributed by atoms with Crippen LogP contribution in [0.5, 0.6) is 0 Å². The highest BCUT2D eigenvalue weighted by atomic mass is 16.2. The molecule has 1 aromatic rings. The molecule has 21 heavy (non-hydrogen) atoms. The number of nitrogens with one attached hydrogen (secondary N) is 1. The molecule has 3 nitrogen and oxygen atoms in total. The Bertz CT molecular complexity index is 491. The van der Waals surface area contributed by atoms with Crippen molar-refractivity contribution in [2.24, 2.45) is 5.92 Å². The lowest BCUT2D eigenvalue weighted by Crippen LogP contribution is -2.45. The lowest BCUT2D eigenvalue weighted by Gasteiger charge is -2.31. The monoisotopic (exact) mass is 284 g/mol. The van der Waals surface area contributed by atoms with Crippen molar-refractivity contribution < 1.29 is 4.79 Å². The highest BCUT2D eigenvalue weighted by Gasteiger charge is 2.44. The molecule has 0 aromatic heterocycles. The van der Waals surface area contributed by atoms with Gasteiger partial charge in [0.2, 0.25) is 5.91 Å². The van der Waals surface area contributed by atoms with Crippen LogP contribution >= 0.6 is 0 Å². The number of hydrogen-bond donors (Lipinski definition) is 1. The van der Waals surface area contributed by atoms with Gasteiger partial charge in [0.1, 0.15) is 0 Å². The summed E-state index contributed by atoms with van der Waals surface area (Å²) in [6.45, 7) is 6.86. The van der Waals surface area contributed by atoms with Gasteiger partial charge in [-0.2, -0.15) is 0 Å². The number of nitrogens with zero attached hydrogens (tertiary/aromatic N) is 1. The average Bonchev–Trinajstić information content (AvgIpc) is 3.31. The van der Waals surface area contributed by atoms with Gasteiger partial charge in [-0.3, -0.25) is 9.69 Å². The van der Waals surface area contributed by atoms with E-state index in [9.17, 15) is 4.79 Å². The molecular weight excluding hydrogens is 260 g/mol. The average molecular weight is 284 g/mol. The fraction of sp³-hybridized carbons (Fsp3) is 0.500. The van der Waals surface area contributed by atoms with Gasteiger partial charge in [0.15, 0.2) is 0 Å². The minimum atomic E-state index is 0.193. The van der Waals surface area contributed by atoms with Crippen LogP contribution < -0.4 is 5.32 Å². The maximum absolute atomic E-state index is 12.3. The minimum absolute atomic E-state index is 0.193. The standard InChI is InChI=1S/C18H24N2O/c1-2-10-20-11-8-15(9-12-20)19-18(21)17-13-16(17)14-6-4-3-5-7-14/h2-7,15-17H,1,8-13H2,(H,19,21). The molecular formula is C18H24N2O. The predicted molar refractivity (Wildman–Crippen MR) is 85.1 cm³/mol. The topological polar surface area (TPSA) is 32.3 Å². The van der Waals surface area contributed by atoms with E-state index in [1.807, 2.05) is 12.1 Å². The first-order valence-electron chi connectivity index (χ1n) is 7.96. The molecule has 1 saturated carbocycles. The molecule has 1 aromatic carbocycles. The largest absolute Gasteiger partial charge is 0.353 e. The lowest BCUT2D eigenvalue weighted by molar-refractivity contribution is -0.123. The summed E-state index contributed by atoms with van der Waals surface area (Å²) in [4.78, 5) is 14.7. The third kappa shape index (κ3) is 3.53. The van der Waals surface area contributed by atoms with Gasteiger partial charge in [0.05, 0.1) is 0 Å². The highest BCUT2D eigenvalue weighted by Crippen LogP contribution is 2.47. The van der Waals surface area contributed by atoms with Crippen LogP contribution in [0.25, 0.3) is 0 Å². The molecule has 2 aliphatic rings. The number of carbonyl (C=O) groups is 1. The van der Waals surface area contributed by atoms with Crippen molar-refractivity contribution in [3.63, 3.8) is 0 Å². The highest BCUT2D eigenvalue weighted by molar-refractivity contribution is 5.83. The van der Waals surface area contributed by atoms with Crippen molar-refractivity contribution in [2.75, 3.05) is 19.6 Å². The smallest absolute Gasteiger partial charge is 0.223 e. The predicted octanol–water partition coefficient (Wildman–Crippen LogP) is 2.56. The Morgan fingerprint density at radius 3 is 2.67 bits per heavy atom. The lowest BCUT2D eigenvalue weighted by atomic mass is 10.0. The van der Waals surface area contributed by atoms with Gasteiger partial charge in [-0.15, -0.1) is 6.58 Å². The molecule has 1 heterocycles. The van der Waals surface area contributed by atoms with Gasteiger partial charge in [0, 0.05) is 31.6 Å². The normalized spacial score (nSPS) is 26.3. The Hall–Kier alpha value is -1.61.